The average molecular weight is 426 g/mol. The molecule has 3 aromatic rings. The summed E-state index contributed by atoms with van der Waals surface area (Å²) in [7, 11) is 0. The molecular formula is C21H27N7OS. The van der Waals surface area contributed by atoms with Crippen LogP contribution in [0, 0.1) is 6.92 Å². The number of unbranched alkanes of at least 4 members (excludes halogenated alkanes) is 1. The van der Waals surface area contributed by atoms with Crippen molar-refractivity contribution in [3.8, 4) is 5.69 Å². The van der Waals surface area contributed by atoms with Crippen molar-refractivity contribution in [1.29, 1.82) is 0 Å². The van der Waals surface area contributed by atoms with Crippen molar-refractivity contribution in [2.45, 2.75) is 19.8 Å². The smallest absolute Gasteiger partial charge is 0.263 e. The maximum Gasteiger partial charge on any atom is 0.263 e. The van der Waals surface area contributed by atoms with Gasteiger partial charge in [0.15, 0.2) is 0 Å². The Morgan fingerprint density at radius 2 is 2.03 bits per heavy atom. The van der Waals surface area contributed by atoms with Gasteiger partial charge in [0, 0.05) is 38.4 Å². The van der Waals surface area contributed by atoms with E-state index in [9.17, 15) is 4.79 Å². The lowest BCUT2D eigenvalue weighted by Crippen LogP contribution is -2.46. The van der Waals surface area contributed by atoms with Crippen LogP contribution in [-0.4, -0.2) is 70.3 Å². The van der Waals surface area contributed by atoms with Crippen LogP contribution < -0.4 is 10.2 Å². The molecule has 1 aliphatic heterocycles. The van der Waals surface area contributed by atoms with E-state index >= 15 is 0 Å². The number of carbonyl (C=O) groups excluding carboxylic acids is 1. The van der Waals surface area contributed by atoms with Gasteiger partial charge in [0.1, 0.15) is 11.2 Å². The van der Waals surface area contributed by atoms with Gasteiger partial charge in [0.2, 0.25) is 0 Å². The van der Waals surface area contributed by atoms with Gasteiger partial charge in [0.25, 0.3) is 5.91 Å². The summed E-state index contributed by atoms with van der Waals surface area (Å²) in [6.07, 6.45) is 3.54. The first kappa shape index (κ1) is 20.5. The van der Waals surface area contributed by atoms with Crippen molar-refractivity contribution < 1.29 is 4.79 Å². The zero-order valence-electron chi connectivity index (χ0n) is 17.2. The molecule has 1 amide bonds. The van der Waals surface area contributed by atoms with Crippen LogP contribution in [0.3, 0.4) is 0 Å². The standard InChI is InChI=1S/C21H27N7OS/c1-17-5-4-6-18(15-17)27-12-10-26(11-13-27)9-3-2-8-22-21(29)20-19(7-14-30-20)28-16-23-24-25-28/h4-7,14-16H,2-3,8-13H2,1H3,(H,22,29). The minimum absolute atomic E-state index is 0.0673. The number of anilines is 1. The summed E-state index contributed by atoms with van der Waals surface area (Å²) in [5.41, 5.74) is 3.35. The van der Waals surface area contributed by atoms with Gasteiger partial charge < -0.3 is 10.2 Å². The number of tetrazole rings is 1. The van der Waals surface area contributed by atoms with E-state index in [-0.39, 0.29) is 5.91 Å². The number of benzene rings is 1. The summed E-state index contributed by atoms with van der Waals surface area (Å²) in [5, 5.41) is 16.0. The summed E-state index contributed by atoms with van der Waals surface area (Å²) < 4.78 is 1.52. The SMILES string of the molecule is Cc1cccc(N2CCN(CCCCNC(=O)c3sccc3-n3cnnn3)CC2)c1. The van der Waals surface area contributed by atoms with Crippen LogP contribution in [0.25, 0.3) is 5.69 Å². The number of nitrogens with one attached hydrogen (secondary N) is 1. The molecule has 0 radical (unpaired) electrons. The topological polar surface area (TPSA) is 79.2 Å². The highest BCUT2D eigenvalue weighted by Gasteiger charge is 2.17. The third-order valence-electron chi connectivity index (χ3n) is 5.37. The second kappa shape index (κ2) is 9.82. The Bertz CT molecular complexity index is 948. The predicted molar refractivity (Wildman–Crippen MR) is 118 cm³/mol. The van der Waals surface area contributed by atoms with E-state index < -0.39 is 0 Å². The van der Waals surface area contributed by atoms with Gasteiger partial charge in [-0.05, 0) is 65.9 Å². The summed E-state index contributed by atoms with van der Waals surface area (Å²) >= 11 is 1.40. The second-order valence-corrected chi connectivity index (χ2v) is 8.44. The van der Waals surface area contributed by atoms with Gasteiger partial charge in [-0.2, -0.15) is 4.68 Å². The van der Waals surface area contributed by atoms with E-state index in [1.54, 1.807) is 0 Å². The molecule has 30 heavy (non-hydrogen) atoms. The fourth-order valence-corrected chi connectivity index (χ4v) is 4.52. The first-order chi connectivity index (χ1) is 14.7. The quantitative estimate of drug-likeness (QED) is 0.558. The molecule has 3 heterocycles. The molecule has 0 bridgehead atoms. The van der Waals surface area contributed by atoms with Crippen LogP contribution in [0.5, 0.6) is 0 Å². The van der Waals surface area contributed by atoms with Crippen molar-refractivity contribution >= 4 is 22.9 Å². The minimum Gasteiger partial charge on any atom is -0.369 e. The lowest BCUT2D eigenvalue weighted by Gasteiger charge is -2.36. The third-order valence-corrected chi connectivity index (χ3v) is 6.27. The van der Waals surface area contributed by atoms with Gasteiger partial charge in [0.05, 0.1) is 5.69 Å². The number of hydrogen-bond acceptors (Lipinski definition) is 7. The van der Waals surface area contributed by atoms with Gasteiger partial charge in [-0.25, -0.2) is 0 Å². The van der Waals surface area contributed by atoms with Crippen molar-refractivity contribution in [3.63, 3.8) is 0 Å². The van der Waals surface area contributed by atoms with Gasteiger partial charge in [-0.1, -0.05) is 12.1 Å². The fraction of sp³-hybridized carbons (Fsp3) is 0.429. The monoisotopic (exact) mass is 425 g/mol. The van der Waals surface area contributed by atoms with E-state index in [2.05, 4.69) is 61.8 Å². The molecule has 0 spiro atoms. The highest BCUT2D eigenvalue weighted by atomic mass is 32.1. The van der Waals surface area contributed by atoms with Crippen molar-refractivity contribution in [2.24, 2.45) is 0 Å². The number of nitrogens with zero attached hydrogens (tertiary/aromatic N) is 6. The molecule has 0 unspecified atom stereocenters. The number of rotatable bonds is 8. The summed E-state index contributed by atoms with van der Waals surface area (Å²) in [6.45, 7) is 8.21. The molecule has 9 heteroatoms. The number of thiophene rings is 1. The van der Waals surface area contributed by atoms with E-state index in [1.165, 1.54) is 33.6 Å². The number of aryl methyl sites for hydroxylation is 1. The number of amides is 1. The average Bonchev–Trinajstić information content (AvgIpc) is 3.45. The Kier molecular flexibility index (Phi) is 6.70. The maximum absolute atomic E-state index is 12.5. The van der Waals surface area contributed by atoms with Gasteiger partial charge in [-0.15, -0.1) is 16.4 Å². The maximum atomic E-state index is 12.5. The largest absolute Gasteiger partial charge is 0.369 e. The van der Waals surface area contributed by atoms with E-state index in [1.807, 2.05) is 11.4 Å². The number of piperazine rings is 1. The molecule has 1 N–H and O–H groups in total. The normalized spacial score (nSPS) is 14.8. The predicted octanol–water partition coefficient (Wildman–Crippen LogP) is 2.36. The Morgan fingerprint density at radius 3 is 2.80 bits per heavy atom. The minimum atomic E-state index is -0.0673. The molecule has 2 aromatic heterocycles. The molecule has 8 nitrogen and oxygen atoms in total. The number of carbonyl (C=O) groups is 1. The zero-order valence-corrected chi connectivity index (χ0v) is 18.0. The molecule has 1 fully saturated rings. The molecule has 1 aliphatic rings. The number of hydrogen-bond donors (Lipinski definition) is 1. The van der Waals surface area contributed by atoms with Crippen LogP contribution in [0.2, 0.25) is 0 Å². The third kappa shape index (κ3) is 5.03. The van der Waals surface area contributed by atoms with Crippen molar-refractivity contribution in [3.05, 3.63) is 52.5 Å². The van der Waals surface area contributed by atoms with Crippen LogP contribution in [0.4, 0.5) is 5.69 Å². The van der Waals surface area contributed by atoms with E-state index in [4.69, 9.17) is 0 Å². The Morgan fingerprint density at radius 1 is 1.17 bits per heavy atom. The first-order valence-corrected chi connectivity index (χ1v) is 11.2. The molecule has 1 aromatic carbocycles. The first-order valence-electron chi connectivity index (χ1n) is 10.3. The highest BCUT2D eigenvalue weighted by Crippen LogP contribution is 2.20. The van der Waals surface area contributed by atoms with Crippen molar-refractivity contribution in [1.82, 2.24) is 30.4 Å². The van der Waals surface area contributed by atoms with Gasteiger partial charge in [-0.3, -0.25) is 9.69 Å². The molecular weight excluding hydrogens is 398 g/mol. The summed E-state index contributed by atoms with van der Waals surface area (Å²) in [5.74, 6) is -0.0673. The van der Waals surface area contributed by atoms with E-state index in [0.717, 1.165) is 45.6 Å². The molecule has 0 saturated carbocycles. The molecule has 1 saturated heterocycles. The van der Waals surface area contributed by atoms with Crippen LogP contribution in [0.1, 0.15) is 28.1 Å². The Labute approximate surface area is 180 Å². The molecule has 0 atom stereocenters. The molecule has 158 valence electrons. The lowest BCUT2D eigenvalue weighted by atomic mass is 10.2. The fourth-order valence-electron chi connectivity index (χ4n) is 3.72. The molecule has 0 aliphatic carbocycles. The van der Waals surface area contributed by atoms with Gasteiger partial charge >= 0.3 is 0 Å². The highest BCUT2D eigenvalue weighted by molar-refractivity contribution is 7.12. The number of aromatic nitrogens is 4. The van der Waals surface area contributed by atoms with Crippen LogP contribution in [0.15, 0.2) is 42.0 Å². The Hall–Kier alpha value is -2.78. The lowest BCUT2D eigenvalue weighted by molar-refractivity contribution is 0.0956. The zero-order chi connectivity index (χ0) is 20.8. The summed E-state index contributed by atoms with van der Waals surface area (Å²) in [6, 6.07) is 10.6. The summed E-state index contributed by atoms with van der Waals surface area (Å²) in [4.78, 5) is 18.1. The van der Waals surface area contributed by atoms with Crippen LogP contribution >= 0.6 is 11.3 Å². The van der Waals surface area contributed by atoms with Crippen molar-refractivity contribution in [2.75, 3.05) is 44.2 Å². The van der Waals surface area contributed by atoms with Crippen LogP contribution in [-0.2, 0) is 0 Å². The molecule has 4 rings (SSSR count). The Balaban J connectivity index is 1.15. The van der Waals surface area contributed by atoms with E-state index in [0.29, 0.717) is 17.1 Å². The second-order valence-electron chi connectivity index (χ2n) is 7.52.